The van der Waals surface area contributed by atoms with Crippen LogP contribution in [0.25, 0.3) is 22.9 Å². The fourth-order valence-electron chi connectivity index (χ4n) is 1.80. The highest BCUT2D eigenvalue weighted by atomic mass is 16.4. The van der Waals surface area contributed by atoms with Gasteiger partial charge in [0.1, 0.15) is 0 Å². The number of hydrogen-bond donors (Lipinski definition) is 2. The van der Waals surface area contributed by atoms with Gasteiger partial charge in [-0.1, -0.05) is 12.1 Å². The molecule has 4 N–H and O–H groups in total. The lowest BCUT2D eigenvalue weighted by Gasteiger charge is -1.97. The summed E-state index contributed by atoms with van der Waals surface area (Å²) in [5, 5.41) is 8.04. The maximum Gasteiger partial charge on any atom is 0.248 e. The molecule has 3 aromatic rings. The van der Waals surface area contributed by atoms with E-state index in [1.807, 2.05) is 24.3 Å². The van der Waals surface area contributed by atoms with Gasteiger partial charge in [-0.15, -0.1) is 10.2 Å². The molecular weight excluding hydrogens is 240 g/mol. The first kappa shape index (κ1) is 11.3. The molecular formula is C14H12N4O. The van der Waals surface area contributed by atoms with Gasteiger partial charge < -0.3 is 15.9 Å². The molecule has 0 aliphatic carbocycles. The molecule has 5 heteroatoms. The Morgan fingerprint density at radius 2 is 1.21 bits per heavy atom. The van der Waals surface area contributed by atoms with E-state index in [4.69, 9.17) is 15.9 Å². The molecule has 94 valence electrons. The third-order valence-corrected chi connectivity index (χ3v) is 2.69. The molecule has 2 aromatic carbocycles. The normalized spacial score (nSPS) is 10.5. The van der Waals surface area contributed by atoms with Crippen LogP contribution in [0.1, 0.15) is 0 Å². The molecule has 0 fully saturated rings. The van der Waals surface area contributed by atoms with Crippen molar-refractivity contribution < 1.29 is 4.42 Å². The van der Waals surface area contributed by atoms with Crippen molar-refractivity contribution in [2.75, 3.05) is 11.5 Å². The summed E-state index contributed by atoms with van der Waals surface area (Å²) in [5.74, 6) is 0.870. The minimum atomic E-state index is 0.435. The highest BCUT2D eigenvalue weighted by Gasteiger charge is 2.10. The second-order valence-electron chi connectivity index (χ2n) is 4.16. The smallest absolute Gasteiger partial charge is 0.248 e. The number of nitrogens with zero attached hydrogens (tertiary/aromatic N) is 2. The van der Waals surface area contributed by atoms with Crippen LogP contribution in [0.2, 0.25) is 0 Å². The van der Waals surface area contributed by atoms with Gasteiger partial charge in [0, 0.05) is 22.5 Å². The van der Waals surface area contributed by atoms with E-state index >= 15 is 0 Å². The molecule has 0 atom stereocenters. The molecule has 0 unspecified atom stereocenters. The molecule has 0 spiro atoms. The summed E-state index contributed by atoms with van der Waals surface area (Å²) in [6.45, 7) is 0. The maximum absolute atomic E-state index is 5.73. The molecule has 0 aliphatic heterocycles. The molecule has 0 radical (unpaired) electrons. The lowest BCUT2D eigenvalue weighted by molar-refractivity contribution is 0.584. The molecule has 0 amide bonds. The number of rotatable bonds is 2. The zero-order chi connectivity index (χ0) is 13.2. The highest BCUT2D eigenvalue weighted by molar-refractivity contribution is 5.63. The van der Waals surface area contributed by atoms with E-state index in [1.54, 1.807) is 24.3 Å². The predicted molar refractivity (Wildman–Crippen MR) is 74.0 cm³/mol. The summed E-state index contributed by atoms with van der Waals surface area (Å²) in [4.78, 5) is 0. The van der Waals surface area contributed by atoms with Crippen LogP contribution < -0.4 is 11.5 Å². The number of nitrogens with two attached hydrogens (primary N) is 2. The predicted octanol–water partition coefficient (Wildman–Crippen LogP) is 2.57. The van der Waals surface area contributed by atoms with E-state index in [2.05, 4.69) is 10.2 Å². The Hall–Kier alpha value is -2.82. The average Bonchev–Trinajstić information content (AvgIpc) is 2.88. The zero-order valence-corrected chi connectivity index (χ0v) is 10.1. The van der Waals surface area contributed by atoms with E-state index in [0.717, 1.165) is 11.1 Å². The van der Waals surface area contributed by atoms with Crippen LogP contribution in [0.15, 0.2) is 52.9 Å². The monoisotopic (exact) mass is 252 g/mol. The Kier molecular flexibility index (Phi) is 2.64. The van der Waals surface area contributed by atoms with Crippen LogP contribution in [0.5, 0.6) is 0 Å². The van der Waals surface area contributed by atoms with Gasteiger partial charge in [0.25, 0.3) is 0 Å². The molecule has 1 heterocycles. The van der Waals surface area contributed by atoms with Crippen LogP contribution in [-0.2, 0) is 0 Å². The molecule has 0 saturated carbocycles. The van der Waals surface area contributed by atoms with Gasteiger partial charge in [-0.3, -0.25) is 0 Å². The van der Waals surface area contributed by atoms with Gasteiger partial charge in [0.05, 0.1) is 0 Å². The van der Waals surface area contributed by atoms with Gasteiger partial charge in [0.15, 0.2) is 0 Å². The summed E-state index contributed by atoms with van der Waals surface area (Å²) in [7, 11) is 0. The Morgan fingerprint density at radius 1 is 0.737 bits per heavy atom. The summed E-state index contributed by atoms with van der Waals surface area (Å²) in [5.41, 5.74) is 14.4. The molecule has 0 aliphatic rings. The fourth-order valence-corrected chi connectivity index (χ4v) is 1.80. The van der Waals surface area contributed by atoms with E-state index in [1.165, 1.54) is 0 Å². The highest BCUT2D eigenvalue weighted by Crippen LogP contribution is 2.25. The number of benzene rings is 2. The summed E-state index contributed by atoms with van der Waals surface area (Å²) < 4.78 is 5.63. The molecule has 5 nitrogen and oxygen atoms in total. The van der Waals surface area contributed by atoms with Gasteiger partial charge in [-0.2, -0.15) is 0 Å². The Morgan fingerprint density at radius 3 is 1.63 bits per heavy atom. The first-order valence-corrected chi connectivity index (χ1v) is 5.78. The SMILES string of the molecule is Nc1cccc(-c2nnc(-c3cccc(N)c3)o2)c1. The minimum absolute atomic E-state index is 0.435. The summed E-state index contributed by atoms with van der Waals surface area (Å²) >= 11 is 0. The molecule has 0 bridgehead atoms. The number of hydrogen-bond acceptors (Lipinski definition) is 5. The minimum Gasteiger partial charge on any atom is -0.416 e. The van der Waals surface area contributed by atoms with E-state index < -0.39 is 0 Å². The van der Waals surface area contributed by atoms with E-state index in [-0.39, 0.29) is 0 Å². The van der Waals surface area contributed by atoms with Gasteiger partial charge in [-0.25, -0.2) is 0 Å². The summed E-state index contributed by atoms with van der Waals surface area (Å²) in [6, 6.07) is 14.6. The van der Waals surface area contributed by atoms with Crippen molar-refractivity contribution in [3.63, 3.8) is 0 Å². The van der Waals surface area contributed by atoms with Crippen LogP contribution in [0.4, 0.5) is 11.4 Å². The first-order valence-electron chi connectivity index (χ1n) is 5.78. The van der Waals surface area contributed by atoms with E-state index in [0.29, 0.717) is 23.2 Å². The number of aromatic nitrogens is 2. The van der Waals surface area contributed by atoms with Crippen LogP contribution in [-0.4, -0.2) is 10.2 Å². The van der Waals surface area contributed by atoms with Crippen molar-refractivity contribution in [2.24, 2.45) is 0 Å². The van der Waals surface area contributed by atoms with Gasteiger partial charge in [0.2, 0.25) is 11.8 Å². The average molecular weight is 252 g/mol. The van der Waals surface area contributed by atoms with Crippen molar-refractivity contribution in [1.29, 1.82) is 0 Å². The topological polar surface area (TPSA) is 91.0 Å². The molecule has 19 heavy (non-hydrogen) atoms. The van der Waals surface area contributed by atoms with Crippen molar-refractivity contribution >= 4 is 11.4 Å². The number of anilines is 2. The fraction of sp³-hybridized carbons (Fsp3) is 0. The van der Waals surface area contributed by atoms with Crippen LogP contribution >= 0.6 is 0 Å². The summed E-state index contributed by atoms with van der Waals surface area (Å²) in [6.07, 6.45) is 0. The Labute approximate surface area is 109 Å². The standard InChI is InChI=1S/C14H12N4O/c15-11-5-1-3-9(7-11)13-17-18-14(19-13)10-4-2-6-12(16)8-10/h1-8H,15-16H2. The van der Waals surface area contributed by atoms with Crippen molar-refractivity contribution in [3.05, 3.63) is 48.5 Å². The molecule has 1 aromatic heterocycles. The Bertz CT molecular complexity index is 661. The maximum atomic E-state index is 5.73. The third-order valence-electron chi connectivity index (χ3n) is 2.69. The molecule has 0 saturated heterocycles. The van der Waals surface area contributed by atoms with Crippen LogP contribution in [0, 0.1) is 0 Å². The first-order chi connectivity index (χ1) is 9.22. The lowest BCUT2D eigenvalue weighted by Crippen LogP contribution is -1.84. The van der Waals surface area contributed by atoms with Crippen molar-refractivity contribution in [1.82, 2.24) is 10.2 Å². The second kappa shape index (κ2) is 4.45. The van der Waals surface area contributed by atoms with Gasteiger partial charge >= 0.3 is 0 Å². The largest absolute Gasteiger partial charge is 0.416 e. The zero-order valence-electron chi connectivity index (χ0n) is 10.1. The third kappa shape index (κ3) is 2.26. The quantitative estimate of drug-likeness (QED) is 0.684. The van der Waals surface area contributed by atoms with Gasteiger partial charge in [-0.05, 0) is 36.4 Å². The van der Waals surface area contributed by atoms with E-state index in [9.17, 15) is 0 Å². The molecule has 3 rings (SSSR count). The van der Waals surface area contributed by atoms with Crippen molar-refractivity contribution in [3.8, 4) is 22.9 Å². The van der Waals surface area contributed by atoms with Crippen molar-refractivity contribution in [2.45, 2.75) is 0 Å². The second-order valence-corrected chi connectivity index (χ2v) is 4.16. The van der Waals surface area contributed by atoms with Crippen LogP contribution in [0.3, 0.4) is 0 Å². The lowest BCUT2D eigenvalue weighted by atomic mass is 10.2. The Balaban J connectivity index is 2.00. The number of nitrogen functional groups attached to an aromatic ring is 2.